The highest BCUT2D eigenvalue weighted by Crippen LogP contribution is 2.26. The van der Waals surface area contributed by atoms with Gasteiger partial charge in [0.15, 0.2) is 5.82 Å². The standard InChI is InChI=1S/C24H28ClN3O3/c1-3-17-4-6-18(7-5-17)14-20(23-26-24(31-27-23)28(2)12-13-29)16-22(30)15-19-8-10-21(25)11-9-19/h4-11,20,29H,3,12-16H2,1-2H3/t20-/m1/s1. The van der Waals surface area contributed by atoms with Gasteiger partial charge in [-0.2, -0.15) is 4.98 Å². The maximum atomic E-state index is 12.9. The van der Waals surface area contributed by atoms with Crippen molar-refractivity contribution in [1.82, 2.24) is 10.1 Å². The van der Waals surface area contributed by atoms with E-state index in [0.29, 0.717) is 42.7 Å². The lowest BCUT2D eigenvalue weighted by Gasteiger charge is -2.14. The van der Waals surface area contributed by atoms with E-state index in [-0.39, 0.29) is 18.3 Å². The fourth-order valence-corrected chi connectivity index (χ4v) is 3.55. The molecule has 1 aromatic heterocycles. The van der Waals surface area contributed by atoms with Gasteiger partial charge >= 0.3 is 6.01 Å². The highest BCUT2D eigenvalue weighted by molar-refractivity contribution is 6.30. The van der Waals surface area contributed by atoms with Crippen LogP contribution in [0.3, 0.4) is 0 Å². The quantitative estimate of drug-likeness (QED) is 0.479. The van der Waals surface area contributed by atoms with Gasteiger partial charge in [-0.3, -0.25) is 4.79 Å². The van der Waals surface area contributed by atoms with E-state index in [4.69, 9.17) is 21.2 Å². The van der Waals surface area contributed by atoms with Gasteiger partial charge in [-0.25, -0.2) is 0 Å². The third kappa shape index (κ3) is 6.64. The van der Waals surface area contributed by atoms with Crippen molar-refractivity contribution in [1.29, 1.82) is 0 Å². The van der Waals surface area contributed by atoms with E-state index in [1.807, 2.05) is 12.1 Å². The number of hydrogen-bond donors (Lipinski definition) is 1. The molecule has 0 aliphatic carbocycles. The van der Waals surface area contributed by atoms with Gasteiger partial charge in [-0.05, 0) is 41.7 Å². The Bertz CT molecular complexity index is 970. The minimum atomic E-state index is -0.202. The summed E-state index contributed by atoms with van der Waals surface area (Å²) in [4.78, 5) is 19.0. The third-order valence-electron chi connectivity index (χ3n) is 5.26. The topological polar surface area (TPSA) is 79.5 Å². The average Bonchev–Trinajstić information content (AvgIpc) is 3.26. The van der Waals surface area contributed by atoms with Crippen LogP contribution < -0.4 is 4.90 Å². The van der Waals surface area contributed by atoms with Gasteiger partial charge in [0.2, 0.25) is 0 Å². The Morgan fingerprint density at radius 3 is 2.39 bits per heavy atom. The van der Waals surface area contributed by atoms with Crippen LogP contribution in [-0.2, 0) is 24.1 Å². The molecule has 0 saturated heterocycles. The summed E-state index contributed by atoms with van der Waals surface area (Å²) in [6.45, 7) is 2.50. The molecule has 1 heterocycles. The van der Waals surface area contributed by atoms with E-state index < -0.39 is 0 Å². The summed E-state index contributed by atoms with van der Waals surface area (Å²) >= 11 is 5.94. The highest BCUT2D eigenvalue weighted by atomic mass is 35.5. The number of rotatable bonds is 11. The van der Waals surface area contributed by atoms with Gasteiger partial charge in [0, 0.05) is 37.4 Å². The van der Waals surface area contributed by atoms with Crippen LogP contribution in [0.5, 0.6) is 0 Å². The molecule has 6 nitrogen and oxygen atoms in total. The predicted molar refractivity (Wildman–Crippen MR) is 122 cm³/mol. The largest absolute Gasteiger partial charge is 0.395 e. The lowest BCUT2D eigenvalue weighted by molar-refractivity contribution is -0.118. The number of anilines is 1. The number of aromatic nitrogens is 2. The number of carbonyl (C=O) groups excluding carboxylic acids is 1. The molecule has 7 heteroatoms. The summed E-state index contributed by atoms with van der Waals surface area (Å²) < 4.78 is 5.37. The number of aliphatic hydroxyl groups excluding tert-OH is 1. The van der Waals surface area contributed by atoms with Crippen LogP contribution in [0, 0.1) is 0 Å². The van der Waals surface area contributed by atoms with Crippen LogP contribution in [0.1, 0.15) is 41.8 Å². The highest BCUT2D eigenvalue weighted by Gasteiger charge is 2.23. The van der Waals surface area contributed by atoms with Crippen molar-refractivity contribution >= 4 is 23.4 Å². The van der Waals surface area contributed by atoms with Gasteiger partial charge in [-0.15, -0.1) is 0 Å². The van der Waals surface area contributed by atoms with Crippen LogP contribution in [0.2, 0.25) is 5.02 Å². The molecular weight excluding hydrogens is 414 g/mol. The van der Waals surface area contributed by atoms with Crippen molar-refractivity contribution in [3.05, 3.63) is 76.1 Å². The van der Waals surface area contributed by atoms with E-state index in [1.54, 1.807) is 24.1 Å². The van der Waals surface area contributed by atoms with Crippen LogP contribution in [-0.4, -0.2) is 41.2 Å². The number of aryl methyl sites for hydroxylation is 1. The Kier molecular flexibility index (Phi) is 8.20. The monoisotopic (exact) mass is 441 g/mol. The molecule has 164 valence electrons. The first-order valence-corrected chi connectivity index (χ1v) is 10.9. The molecule has 0 bridgehead atoms. The van der Waals surface area contributed by atoms with E-state index in [1.165, 1.54) is 5.56 Å². The van der Waals surface area contributed by atoms with Gasteiger partial charge in [0.1, 0.15) is 5.78 Å². The Hall–Kier alpha value is -2.70. The zero-order chi connectivity index (χ0) is 22.2. The number of benzene rings is 2. The summed E-state index contributed by atoms with van der Waals surface area (Å²) in [6, 6.07) is 16.1. The Labute approximate surface area is 187 Å². The molecule has 0 unspecified atom stereocenters. The van der Waals surface area contributed by atoms with Crippen LogP contribution in [0.15, 0.2) is 53.1 Å². The maximum absolute atomic E-state index is 12.9. The number of ketones is 1. The third-order valence-corrected chi connectivity index (χ3v) is 5.51. The average molecular weight is 442 g/mol. The van der Waals surface area contributed by atoms with Crippen LogP contribution in [0.4, 0.5) is 6.01 Å². The number of hydrogen-bond acceptors (Lipinski definition) is 6. The first-order chi connectivity index (χ1) is 15.0. The van der Waals surface area contributed by atoms with Crippen molar-refractivity contribution in [3.8, 4) is 0 Å². The summed E-state index contributed by atoms with van der Waals surface area (Å²) in [6.07, 6.45) is 2.26. The van der Waals surface area contributed by atoms with E-state index in [0.717, 1.165) is 17.5 Å². The minimum Gasteiger partial charge on any atom is -0.395 e. The first kappa shape index (κ1) is 23.0. The van der Waals surface area contributed by atoms with E-state index in [2.05, 4.69) is 41.3 Å². The number of Topliss-reactive ketones (excluding diaryl/α,β-unsaturated/α-hetero) is 1. The summed E-state index contributed by atoms with van der Waals surface area (Å²) in [5, 5.41) is 13.9. The van der Waals surface area contributed by atoms with Gasteiger partial charge in [0.25, 0.3) is 0 Å². The number of aliphatic hydroxyl groups is 1. The molecule has 0 fully saturated rings. The molecule has 0 aliphatic rings. The molecule has 3 rings (SSSR count). The second-order valence-corrected chi connectivity index (χ2v) is 8.13. The predicted octanol–water partition coefficient (Wildman–Crippen LogP) is 4.24. The first-order valence-electron chi connectivity index (χ1n) is 10.5. The number of halogens is 1. The summed E-state index contributed by atoms with van der Waals surface area (Å²) in [7, 11) is 1.78. The maximum Gasteiger partial charge on any atom is 0.323 e. The van der Waals surface area contributed by atoms with Crippen LogP contribution in [0.25, 0.3) is 0 Å². The molecule has 0 radical (unpaired) electrons. The van der Waals surface area contributed by atoms with Crippen molar-refractivity contribution in [2.75, 3.05) is 25.1 Å². The zero-order valence-electron chi connectivity index (χ0n) is 17.9. The van der Waals surface area contributed by atoms with E-state index in [9.17, 15) is 4.79 Å². The molecule has 1 N–H and O–H groups in total. The smallest absolute Gasteiger partial charge is 0.323 e. The van der Waals surface area contributed by atoms with Crippen molar-refractivity contribution in [2.24, 2.45) is 0 Å². The molecular formula is C24H28ClN3O3. The SMILES string of the molecule is CCc1ccc(C[C@H](CC(=O)Cc2ccc(Cl)cc2)c2noc(N(C)CCO)n2)cc1. The van der Waals surface area contributed by atoms with Crippen molar-refractivity contribution < 1.29 is 14.4 Å². The van der Waals surface area contributed by atoms with Crippen molar-refractivity contribution in [3.63, 3.8) is 0 Å². The zero-order valence-corrected chi connectivity index (χ0v) is 18.7. The normalized spacial score (nSPS) is 12.0. The minimum absolute atomic E-state index is 0.0129. The Balaban J connectivity index is 1.77. The summed E-state index contributed by atoms with van der Waals surface area (Å²) in [5.41, 5.74) is 3.32. The Morgan fingerprint density at radius 2 is 1.74 bits per heavy atom. The Morgan fingerprint density at radius 1 is 1.10 bits per heavy atom. The molecule has 0 spiro atoms. The molecule has 31 heavy (non-hydrogen) atoms. The number of nitrogens with zero attached hydrogens (tertiary/aromatic N) is 3. The van der Waals surface area contributed by atoms with E-state index >= 15 is 0 Å². The summed E-state index contributed by atoms with van der Waals surface area (Å²) in [5.74, 6) is 0.406. The molecule has 0 saturated carbocycles. The van der Waals surface area contributed by atoms with Gasteiger partial charge < -0.3 is 14.5 Å². The molecule has 1 atom stereocenters. The molecule has 3 aromatic rings. The lowest BCUT2D eigenvalue weighted by atomic mass is 9.91. The number of likely N-dealkylation sites (N-methyl/N-ethyl adjacent to an activating group) is 1. The lowest BCUT2D eigenvalue weighted by Crippen LogP contribution is -2.21. The van der Waals surface area contributed by atoms with Gasteiger partial charge in [0.05, 0.1) is 6.61 Å². The molecule has 0 amide bonds. The van der Waals surface area contributed by atoms with Gasteiger partial charge in [-0.1, -0.05) is 60.1 Å². The molecule has 0 aliphatic heterocycles. The fourth-order valence-electron chi connectivity index (χ4n) is 3.42. The van der Waals surface area contributed by atoms with Crippen LogP contribution >= 0.6 is 11.6 Å². The number of carbonyl (C=O) groups is 1. The second-order valence-electron chi connectivity index (χ2n) is 7.70. The van der Waals surface area contributed by atoms with Crippen molar-refractivity contribution in [2.45, 2.75) is 38.5 Å². The fraction of sp³-hybridized carbons (Fsp3) is 0.375. The second kappa shape index (κ2) is 11.1. The molecule has 2 aromatic carbocycles.